The minimum Gasteiger partial charge on any atom is -0.411 e. The van der Waals surface area contributed by atoms with Gasteiger partial charge in [0.05, 0.1) is 10.7 Å². The van der Waals surface area contributed by atoms with Crippen molar-refractivity contribution in [1.29, 1.82) is 0 Å². The fourth-order valence-corrected chi connectivity index (χ4v) is 1.19. The Balaban J connectivity index is 4.27. The quantitative estimate of drug-likeness (QED) is 0.354. The van der Waals surface area contributed by atoms with Crippen molar-refractivity contribution in [3.05, 3.63) is 0 Å². The summed E-state index contributed by atoms with van der Waals surface area (Å²) in [6.07, 6.45) is 0. The van der Waals surface area contributed by atoms with E-state index in [9.17, 15) is 0 Å². The fourth-order valence-electron chi connectivity index (χ4n) is 0.323. The average molecular weight is 274 g/mol. The Morgan fingerprint density at radius 2 is 1.30 bits per heavy atom. The van der Waals surface area contributed by atoms with Crippen LogP contribution in [-0.4, -0.2) is 32.5 Å². The number of nitrogens with zero attached hydrogens (tertiary/aromatic N) is 2. The van der Waals surface area contributed by atoms with Gasteiger partial charge < -0.3 is 10.4 Å². The van der Waals surface area contributed by atoms with Crippen LogP contribution in [0.25, 0.3) is 0 Å². The minimum absolute atomic E-state index is 0.305. The van der Waals surface area contributed by atoms with Crippen molar-refractivity contribution in [3.8, 4) is 0 Å². The van der Waals surface area contributed by atoms with Crippen LogP contribution in [0.2, 0.25) is 0 Å². The molecule has 0 aromatic rings. The highest BCUT2D eigenvalue weighted by Crippen LogP contribution is 1.94. The fraction of sp³-hybridized carbons (Fsp3) is 0.500. The van der Waals surface area contributed by atoms with Crippen molar-refractivity contribution in [2.45, 2.75) is 0 Å². The van der Waals surface area contributed by atoms with Gasteiger partial charge in [0, 0.05) is 0 Å². The third-order valence-corrected chi connectivity index (χ3v) is 1.89. The van der Waals surface area contributed by atoms with E-state index in [1.54, 1.807) is 0 Å². The summed E-state index contributed by atoms with van der Waals surface area (Å²) >= 11 is 6.11. The molecule has 0 radical (unpaired) electrons. The maximum atomic E-state index is 8.30. The van der Waals surface area contributed by atoms with Gasteiger partial charge in [-0.15, -0.1) is 0 Å². The predicted molar refractivity (Wildman–Crippen MR) is 46.0 cm³/mol. The summed E-state index contributed by atoms with van der Waals surface area (Å²) in [5.41, 5.74) is 0.610. The summed E-state index contributed by atoms with van der Waals surface area (Å²) in [7, 11) is 0. The second-order valence-corrected chi connectivity index (χ2v) is 2.48. The van der Waals surface area contributed by atoms with Crippen LogP contribution in [-0.2, 0) is 0 Å². The van der Waals surface area contributed by atoms with Crippen LogP contribution < -0.4 is 0 Å². The molecule has 0 heterocycles. The van der Waals surface area contributed by atoms with Gasteiger partial charge in [0.2, 0.25) is 0 Å². The number of oxime groups is 2. The first-order chi connectivity index (χ1) is 4.79. The Labute approximate surface area is 74.9 Å². The van der Waals surface area contributed by atoms with Crippen LogP contribution >= 0.6 is 31.9 Å². The van der Waals surface area contributed by atoms with Gasteiger partial charge in [0.1, 0.15) is 11.4 Å². The van der Waals surface area contributed by atoms with Gasteiger partial charge in [-0.3, -0.25) is 0 Å². The monoisotopic (exact) mass is 272 g/mol. The maximum absolute atomic E-state index is 8.30. The highest BCUT2D eigenvalue weighted by atomic mass is 79.9. The van der Waals surface area contributed by atoms with Gasteiger partial charge in [0.25, 0.3) is 0 Å². The molecule has 0 fully saturated rings. The molecule has 0 aliphatic rings. The van der Waals surface area contributed by atoms with Crippen molar-refractivity contribution in [3.63, 3.8) is 0 Å². The molecule has 10 heavy (non-hydrogen) atoms. The molecule has 0 unspecified atom stereocenters. The molecule has 0 amide bonds. The van der Waals surface area contributed by atoms with E-state index >= 15 is 0 Å². The van der Waals surface area contributed by atoms with Gasteiger partial charge in [-0.05, 0) is 0 Å². The third kappa shape index (κ3) is 2.66. The summed E-state index contributed by atoms with van der Waals surface area (Å²) in [5, 5.41) is 23.1. The second-order valence-electron chi connectivity index (χ2n) is 1.36. The molecule has 0 aliphatic heterocycles. The lowest BCUT2D eigenvalue weighted by molar-refractivity contribution is 0.314. The first-order valence-corrected chi connectivity index (χ1v) is 4.58. The highest BCUT2D eigenvalue weighted by molar-refractivity contribution is 9.10. The largest absolute Gasteiger partial charge is 0.411 e. The Bertz CT molecular complexity index is 139. The Hall–Kier alpha value is -0.100. The average Bonchev–Trinajstić information content (AvgIpc) is 2.00. The lowest BCUT2D eigenvalue weighted by Gasteiger charge is -1.96. The van der Waals surface area contributed by atoms with Crippen LogP contribution in [0.15, 0.2) is 10.3 Å². The van der Waals surface area contributed by atoms with Crippen LogP contribution in [0.1, 0.15) is 0 Å². The second kappa shape index (κ2) is 5.67. The van der Waals surface area contributed by atoms with E-state index in [2.05, 4.69) is 42.2 Å². The van der Waals surface area contributed by atoms with Crippen LogP contribution in [0.4, 0.5) is 0 Å². The summed E-state index contributed by atoms with van der Waals surface area (Å²) in [6.45, 7) is 0. The number of halogens is 2. The van der Waals surface area contributed by atoms with E-state index in [4.69, 9.17) is 10.4 Å². The van der Waals surface area contributed by atoms with E-state index in [-0.39, 0.29) is 0 Å². The van der Waals surface area contributed by atoms with E-state index in [0.29, 0.717) is 22.1 Å². The standard InChI is InChI=1S/C4H6Br2N2O2/c5-1-3(7-9)4(2-6)8-10/h9-10H,1-2H2/b7-3-,8-4-. The topological polar surface area (TPSA) is 65.2 Å². The summed E-state index contributed by atoms with van der Waals surface area (Å²) < 4.78 is 0. The first kappa shape index (κ1) is 9.90. The zero-order valence-corrected chi connectivity index (χ0v) is 8.13. The maximum Gasteiger partial charge on any atom is 0.116 e. The SMILES string of the molecule is O/N=C(CBr)\C(CBr)=N/O. The molecule has 0 aliphatic carbocycles. The summed E-state index contributed by atoms with van der Waals surface area (Å²) in [6, 6.07) is 0. The molecule has 0 bridgehead atoms. The number of hydrogen-bond donors (Lipinski definition) is 2. The molecule has 2 N–H and O–H groups in total. The molecule has 0 saturated heterocycles. The van der Waals surface area contributed by atoms with Crippen molar-refractivity contribution in [2.24, 2.45) is 10.3 Å². The smallest absolute Gasteiger partial charge is 0.116 e. The zero-order chi connectivity index (χ0) is 7.98. The van der Waals surface area contributed by atoms with Crippen molar-refractivity contribution >= 4 is 43.3 Å². The number of rotatable bonds is 3. The van der Waals surface area contributed by atoms with E-state index in [1.165, 1.54) is 0 Å². The zero-order valence-electron chi connectivity index (χ0n) is 4.96. The molecular weight excluding hydrogens is 268 g/mol. The van der Waals surface area contributed by atoms with Crippen molar-refractivity contribution in [1.82, 2.24) is 0 Å². The van der Waals surface area contributed by atoms with Crippen molar-refractivity contribution < 1.29 is 10.4 Å². The first-order valence-electron chi connectivity index (χ1n) is 2.34. The third-order valence-electron chi connectivity index (χ3n) is 0.828. The molecule has 0 spiro atoms. The van der Waals surface area contributed by atoms with Gasteiger partial charge in [-0.1, -0.05) is 42.2 Å². The molecule has 58 valence electrons. The van der Waals surface area contributed by atoms with Crippen LogP contribution in [0.3, 0.4) is 0 Å². The molecule has 4 nitrogen and oxygen atoms in total. The van der Waals surface area contributed by atoms with E-state index in [1.807, 2.05) is 0 Å². The van der Waals surface area contributed by atoms with Crippen molar-refractivity contribution in [2.75, 3.05) is 10.7 Å². The number of hydrogen-bond acceptors (Lipinski definition) is 4. The lowest BCUT2D eigenvalue weighted by Crippen LogP contribution is -2.17. The van der Waals surface area contributed by atoms with Crippen LogP contribution in [0.5, 0.6) is 0 Å². The van der Waals surface area contributed by atoms with E-state index < -0.39 is 0 Å². The molecule has 0 atom stereocenters. The van der Waals surface area contributed by atoms with Gasteiger partial charge >= 0.3 is 0 Å². The predicted octanol–water partition coefficient (Wildman–Crippen LogP) is 1.44. The van der Waals surface area contributed by atoms with E-state index in [0.717, 1.165) is 0 Å². The normalized spacial score (nSPS) is 13.8. The summed E-state index contributed by atoms with van der Waals surface area (Å²) in [4.78, 5) is 0. The van der Waals surface area contributed by atoms with Gasteiger partial charge in [-0.25, -0.2) is 0 Å². The molecular formula is C4H6Br2N2O2. The lowest BCUT2D eigenvalue weighted by atomic mass is 10.3. The van der Waals surface area contributed by atoms with Gasteiger partial charge in [-0.2, -0.15) is 0 Å². The number of alkyl halides is 2. The van der Waals surface area contributed by atoms with Gasteiger partial charge in [0.15, 0.2) is 0 Å². The highest BCUT2D eigenvalue weighted by Gasteiger charge is 2.06. The Morgan fingerprint density at radius 3 is 1.40 bits per heavy atom. The Morgan fingerprint density at radius 1 is 1.00 bits per heavy atom. The molecule has 6 heteroatoms. The van der Waals surface area contributed by atoms with Crippen LogP contribution in [0, 0.1) is 0 Å². The minimum atomic E-state index is 0.305. The molecule has 0 aromatic heterocycles. The Kier molecular flexibility index (Phi) is 5.61. The molecule has 0 aromatic carbocycles. The molecule has 0 rings (SSSR count). The summed E-state index contributed by atoms with van der Waals surface area (Å²) in [5.74, 6) is 0. The molecule has 0 saturated carbocycles.